The molecule has 0 spiro atoms. The van der Waals surface area contributed by atoms with Gasteiger partial charge in [0.25, 0.3) is 5.91 Å². The summed E-state index contributed by atoms with van der Waals surface area (Å²) in [6.07, 6.45) is 0. The van der Waals surface area contributed by atoms with E-state index in [0.717, 1.165) is 38.4 Å². The highest BCUT2D eigenvalue weighted by molar-refractivity contribution is 6.34. The van der Waals surface area contributed by atoms with Crippen molar-refractivity contribution >= 4 is 23.3 Å². The highest BCUT2D eigenvalue weighted by Gasteiger charge is 2.15. The molecule has 24 heavy (non-hydrogen) atoms. The number of piperazine rings is 1. The number of nitrogens with zero attached hydrogens (tertiary/aromatic N) is 3. The number of amides is 1. The van der Waals surface area contributed by atoms with E-state index in [-0.39, 0.29) is 5.91 Å². The van der Waals surface area contributed by atoms with Crippen molar-refractivity contribution in [1.82, 2.24) is 14.8 Å². The van der Waals surface area contributed by atoms with Crippen molar-refractivity contribution in [3.8, 4) is 0 Å². The average Bonchev–Trinajstić information content (AvgIpc) is 2.58. The Bertz CT molecular complexity index is 714. The van der Waals surface area contributed by atoms with Crippen LogP contribution in [0.3, 0.4) is 0 Å². The van der Waals surface area contributed by atoms with Crippen LogP contribution in [0.4, 0.5) is 5.82 Å². The molecule has 1 aromatic heterocycles. The van der Waals surface area contributed by atoms with Gasteiger partial charge in [0, 0.05) is 32.7 Å². The van der Waals surface area contributed by atoms with Crippen LogP contribution in [0.2, 0.25) is 5.02 Å². The van der Waals surface area contributed by atoms with Crippen molar-refractivity contribution in [1.29, 1.82) is 0 Å². The standard InChI is InChI=1S/C18H21ClN4O/c1-22-9-11-23(12-10-22)13-14-5-4-8-17(20-14)21-18(24)15-6-2-3-7-16(15)19/h2-8H,9-13H2,1H3,(H,20,21,24). The molecule has 0 unspecified atom stereocenters. The number of carbonyl (C=O) groups excluding carboxylic acids is 1. The summed E-state index contributed by atoms with van der Waals surface area (Å²) >= 11 is 6.07. The van der Waals surface area contributed by atoms with Gasteiger partial charge in [0.15, 0.2) is 0 Å². The zero-order valence-electron chi connectivity index (χ0n) is 13.7. The molecule has 0 aliphatic carbocycles. The third-order valence-corrected chi connectivity index (χ3v) is 4.48. The van der Waals surface area contributed by atoms with Crippen LogP contribution < -0.4 is 5.32 Å². The minimum absolute atomic E-state index is 0.246. The van der Waals surface area contributed by atoms with Crippen molar-refractivity contribution in [3.63, 3.8) is 0 Å². The molecule has 1 aromatic carbocycles. The first-order valence-corrected chi connectivity index (χ1v) is 8.42. The van der Waals surface area contributed by atoms with Crippen LogP contribution in [0, 0.1) is 0 Å². The van der Waals surface area contributed by atoms with Gasteiger partial charge in [-0.15, -0.1) is 0 Å². The van der Waals surface area contributed by atoms with Crippen molar-refractivity contribution in [2.45, 2.75) is 6.54 Å². The van der Waals surface area contributed by atoms with Crippen LogP contribution in [-0.2, 0) is 6.54 Å². The molecule has 0 atom stereocenters. The summed E-state index contributed by atoms with van der Waals surface area (Å²) in [5.74, 6) is 0.302. The number of halogens is 1. The molecule has 1 aliphatic rings. The molecule has 1 N–H and O–H groups in total. The monoisotopic (exact) mass is 344 g/mol. The molecule has 1 amide bonds. The topological polar surface area (TPSA) is 48.5 Å². The lowest BCUT2D eigenvalue weighted by Gasteiger charge is -2.32. The van der Waals surface area contributed by atoms with Gasteiger partial charge in [0.1, 0.15) is 5.82 Å². The Morgan fingerprint density at radius 1 is 1.12 bits per heavy atom. The summed E-state index contributed by atoms with van der Waals surface area (Å²) in [6.45, 7) is 5.01. The summed E-state index contributed by atoms with van der Waals surface area (Å²) in [7, 11) is 2.14. The number of aromatic nitrogens is 1. The maximum absolute atomic E-state index is 12.3. The lowest BCUT2D eigenvalue weighted by atomic mass is 10.2. The number of hydrogen-bond donors (Lipinski definition) is 1. The molecule has 0 radical (unpaired) electrons. The highest BCUT2D eigenvalue weighted by Crippen LogP contribution is 2.17. The Morgan fingerprint density at radius 3 is 2.62 bits per heavy atom. The summed E-state index contributed by atoms with van der Waals surface area (Å²) in [5, 5.41) is 3.26. The molecule has 0 saturated carbocycles. The van der Waals surface area contributed by atoms with Crippen LogP contribution >= 0.6 is 11.6 Å². The van der Waals surface area contributed by atoms with Gasteiger partial charge in [-0.1, -0.05) is 29.8 Å². The first-order valence-electron chi connectivity index (χ1n) is 8.04. The van der Waals surface area contributed by atoms with Gasteiger partial charge in [-0.25, -0.2) is 4.98 Å². The lowest BCUT2D eigenvalue weighted by molar-refractivity contribution is 0.102. The van der Waals surface area contributed by atoms with Gasteiger partial charge in [0.2, 0.25) is 0 Å². The molecular formula is C18H21ClN4O. The number of likely N-dealkylation sites (N-methyl/N-ethyl adjacent to an activating group) is 1. The summed E-state index contributed by atoms with van der Waals surface area (Å²) in [5.41, 5.74) is 1.40. The molecule has 1 fully saturated rings. The smallest absolute Gasteiger partial charge is 0.258 e. The van der Waals surface area contributed by atoms with E-state index in [2.05, 4.69) is 27.1 Å². The predicted octanol–water partition coefficient (Wildman–Crippen LogP) is 2.73. The Hall–Kier alpha value is -1.95. The lowest BCUT2D eigenvalue weighted by Crippen LogP contribution is -2.44. The number of pyridine rings is 1. The van der Waals surface area contributed by atoms with E-state index in [1.54, 1.807) is 30.3 Å². The van der Waals surface area contributed by atoms with Gasteiger partial charge in [-0.05, 0) is 31.3 Å². The molecule has 1 saturated heterocycles. The molecule has 2 aromatic rings. The molecule has 126 valence electrons. The van der Waals surface area contributed by atoms with Crippen LogP contribution in [0.15, 0.2) is 42.5 Å². The number of carbonyl (C=O) groups is 1. The van der Waals surface area contributed by atoms with Gasteiger partial charge in [0.05, 0.1) is 16.3 Å². The number of hydrogen-bond acceptors (Lipinski definition) is 4. The molecule has 3 rings (SSSR count). The molecule has 6 heteroatoms. The number of benzene rings is 1. The zero-order chi connectivity index (χ0) is 16.9. The van der Waals surface area contributed by atoms with Crippen molar-refractivity contribution in [2.24, 2.45) is 0 Å². The van der Waals surface area contributed by atoms with Crippen molar-refractivity contribution in [3.05, 3.63) is 58.7 Å². The Labute approximate surface area is 147 Å². The normalized spacial score (nSPS) is 16.1. The van der Waals surface area contributed by atoms with Crippen LogP contribution in [0.5, 0.6) is 0 Å². The Balaban J connectivity index is 1.65. The predicted molar refractivity (Wildman–Crippen MR) is 96.4 cm³/mol. The molecule has 5 nitrogen and oxygen atoms in total. The maximum Gasteiger partial charge on any atom is 0.258 e. The van der Waals surface area contributed by atoms with Crippen molar-refractivity contribution < 1.29 is 4.79 Å². The first kappa shape index (κ1) is 16.9. The van der Waals surface area contributed by atoms with E-state index >= 15 is 0 Å². The minimum Gasteiger partial charge on any atom is -0.307 e. The van der Waals surface area contributed by atoms with E-state index in [1.165, 1.54) is 0 Å². The highest BCUT2D eigenvalue weighted by atomic mass is 35.5. The molecule has 0 bridgehead atoms. The number of nitrogens with one attached hydrogen (secondary N) is 1. The van der Waals surface area contributed by atoms with Crippen molar-refractivity contribution in [2.75, 3.05) is 38.5 Å². The van der Waals surface area contributed by atoms with Crippen LogP contribution in [-0.4, -0.2) is 53.9 Å². The van der Waals surface area contributed by atoms with E-state index < -0.39 is 0 Å². The zero-order valence-corrected chi connectivity index (χ0v) is 14.5. The molecule has 2 heterocycles. The summed E-state index contributed by atoms with van der Waals surface area (Å²) in [6, 6.07) is 12.7. The van der Waals surface area contributed by atoms with E-state index in [0.29, 0.717) is 16.4 Å². The van der Waals surface area contributed by atoms with Gasteiger partial charge < -0.3 is 10.2 Å². The Morgan fingerprint density at radius 2 is 1.88 bits per heavy atom. The van der Waals surface area contributed by atoms with Gasteiger partial charge in [-0.3, -0.25) is 9.69 Å². The maximum atomic E-state index is 12.3. The molecule has 1 aliphatic heterocycles. The first-order chi connectivity index (χ1) is 11.6. The third kappa shape index (κ3) is 4.32. The fourth-order valence-electron chi connectivity index (χ4n) is 2.70. The van der Waals surface area contributed by atoms with E-state index in [1.807, 2.05) is 12.1 Å². The van der Waals surface area contributed by atoms with E-state index in [4.69, 9.17) is 11.6 Å². The summed E-state index contributed by atoms with van der Waals surface area (Å²) < 4.78 is 0. The second-order valence-electron chi connectivity index (χ2n) is 6.03. The fraction of sp³-hybridized carbons (Fsp3) is 0.333. The summed E-state index contributed by atoms with van der Waals surface area (Å²) in [4.78, 5) is 21.6. The fourth-order valence-corrected chi connectivity index (χ4v) is 2.92. The number of anilines is 1. The van der Waals surface area contributed by atoms with E-state index in [9.17, 15) is 4.79 Å². The Kier molecular flexibility index (Phi) is 5.45. The van der Waals surface area contributed by atoms with Crippen LogP contribution in [0.25, 0.3) is 0 Å². The quantitative estimate of drug-likeness (QED) is 0.926. The minimum atomic E-state index is -0.246. The largest absolute Gasteiger partial charge is 0.307 e. The second kappa shape index (κ2) is 7.75. The van der Waals surface area contributed by atoms with Gasteiger partial charge in [-0.2, -0.15) is 0 Å². The SMILES string of the molecule is CN1CCN(Cc2cccc(NC(=O)c3ccccc3Cl)n2)CC1. The van der Waals surface area contributed by atoms with Gasteiger partial charge >= 0.3 is 0 Å². The van der Waals surface area contributed by atoms with Crippen LogP contribution in [0.1, 0.15) is 16.1 Å². The molecular weight excluding hydrogens is 324 g/mol. The average molecular weight is 345 g/mol. The second-order valence-corrected chi connectivity index (χ2v) is 6.43. The number of rotatable bonds is 4. The third-order valence-electron chi connectivity index (χ3n) is 4.15.